The van der Waals surface area contributed by atoms with E-state index in [9.17, 15) is 9.50 Å². The topological polar surface area (TPSA) is 41.5 Å². The molecule has 0 aliphatic heterocycles. The maximum atomic E-state index is 12.9. The number of phenols is 1. The minimum Gasteiger partial charge on any atom is -0.508 e. The third-order valence-corrected chi connectivity index (χ3v) is 2.17. The molecule has 0 spiro atoms. The summed E-state index contributed by atoms with van der Waals surface area (Å²) in [5, 5.41) is 12.4. The molecule has 0 aromatic heterocycles. The van der Waals surface area contributed by atoms with Crippen molar-refractivity contribution < 1.29 is 14.2 Å². The second-order valence-corrected chi connectivity index (χ2v) is 3.76. The van der Waals surface area contributed by atoms with Gasteiger partial charge in [-0.25, -0.2) is 4.39 Å². The zero-order valence-corrected chi connectivity index (χ0v) is 9.66. The lowest BCUT2D eigenvalue weighted by atomic mass is 10.2. The minimum atomic E-state index is -0.422. The molecule has 0 aliphatic rings. The molecule has 0 radical (unpaired) electrons. The molecule has 1 rings (SSSR count). The van der Waals surface area contributed by atoms with E-state index in [1.54, 1.807) is 6.07 Å². The Kier molecular flexibility index (Phi) is 5.22. The molecule has 0 saturated heterocycles. The van der Waals surface area contributed by atoms with Crippen LogP contribution in [0, 0.1) is 5.82 Å². The number of nitrogens with one attached hydrogen (secondary N) is 1. The van der Waals surface area contributed by atoms with Gasteiger partial charge in [0.1, 0.15) is 11.6 Å². The molecular weight excluding hydrogens is 209 g/mol. The first-order chi connectivity index (χ1) is 7.61. The Labute approximate surface area is 95.2 Å². The van der Waals surface area contributed by atoms with Crippen LogP contribution in [0.2, 0.25) is 0 Å². The second kappa shape index (κ2) is 6.45. The third-order valence-electron chi connectivity index (χ3n) is 2.17. The van der Waals surface area contributed by atoms with Crippen LogP contribution in [0.3, 0.4) is 0 Å². The van der Waals surface area contributed by atoms with E-state index in [-0.39, 0.29) is 11.8 Å². The smallest absolute Gasteiger partial charge is 0.127 e. The van der Waals surface area contributed by atoms with Crippen molar-refractivity contribution in [1.82, 2.24) is 5.32 Å². The lowest BCUT2D eigenvalue weighted by molar-refractivity contribution is 0.127. The lowest BCUT2D eigenvalue weighted by Gasteiger charge is -2.13. The summed E-state index contributed by atoms with van der Waals surface area (Å²) < 4.78 is 18.2. The van der Waals surface area contributed by atoms with Gasteiger partial charge in [-0.05, 0) is 31.5 Å². The van der Waals surface area contributed by atoms with E-state index in [2.05, 4.69) is 5.32 Å². The van der Waals surface area contributed by atoms with Crippen molar-refractivity contribution >= 4 is 0 Å². The predicted molar refractivity (Wildman–Crippen MR) is 60.9 cm³/mol. The Morgan fingerprint density at radius 2 is 2.19 bits per heavy atom. The average Bonchev–Trinajstić information content (AvgIpc) is 2.22. The first kappa shape index (κ1) is 12.9. The summed E-state index contributed by atoms with van der Waals surface area (Å²) in [7, 11) is 0. The van der Waals surface area contributed by atoms with Crippen LogP contribution in [0.1, 0.15) is 19.4 Å². The molecule has 1 atom stereocenters. The molecule has 0 amide bonds. The van der Waals surface area contributed by atoms with Crippen molar-refractivity contribution in [2.75, 3.05) is 13.2 Å². The Morgan fingerprint density at radius 1 is 1.44 bits per heavy atom. The zero-order chi connectivity index (χ0) is 12.0. The fraction of sp³-hybridized carbons (Fsp3) is 0.500. The molecule has 16 heavy (non-hydrogen) atoms. The molecule has 4 heteroatoms. The van der Waals surface area contributed by atoms with Crippen LogP contribution in [0.4, 0.5) is 4.39 Å². The Balaban J connectivity index is 2.41. The lowest BCUT2D eigenvalue weighted by Crippen LogP contribution is -2.30. The largest absolute Gasteiger partial charge is 0.508 e. The molecule has 2 N–H and O–H groups in total. The van der Waals surface area contributed by atoms with Crippen molar-refractivity contribution in [3.63, 3.8) is 0 Å². The van der Waals surface area contributed by atoms with E-state index in [0.29, 0.717) is 19.8 Å². The highest BCUT2D eigenvalue weighted by Gasteiger charge is 2.03. The highest BCUT2D eigenvalue weighted by Crippen LogP contribution is 2.14. The molecule has 0 bridgehead atoms. The van der Waals surface area contributed by atoms with Gasteiger partial charge >= 0.3 is 0 Å². The first-order valence-corrected chi connectivity index (χ1v) is 5.41. The van der Waals surface area contributed by atoms with Crippen LogP contribution in [-0.2, 0) is 11.3 Å². The van der Waals surface area contributed by atoms with Crippen LogP contribution in [-0.4, -0.2) is 24.4 Å². The second-order valence-electron chi connectivity index (χ2n) is 3.76. The molecule has 0 aliphatic carbocycles. The van der Waals surface area contributed by atoms with Crippen LogP contribution in [0.5, 0.6) is 5.75 Å². The summed E-state index contributed by atoms with van der Waals surface area (Å²) >= 11 is 0. The molecule has 1 unspecified atom stereocenters. The third kappa shape index (κ3) is 4.59. The number of aromatic hydroxyl groups is 1. The molecule has 1 aromatic carbocycles. The fourth-order valence-electron chi connectivity index (χ4n) is 1.38. The van der Waals surface area contributed by atoms with Crippen LogP contribution >= 0.6 is 0 Å². The molecule has 0 fully saturated rings. The average molecular weight is 227 g/mol. The molecule has 1 aromatic rings. The van der Waals surface area contributed by atoms with Gasteiger partial charge in [0.2, 0.25) is 0 Å². The van der Waals surface area contributed by atoms with Crippen LogP contribution in [0.15, 0.2) is 18.2 Å². The monoisotopic (exact) mass is 227 g/mol. The number of rotatable bonds is 6. The summed E-state index contributed by atoms with van der Waals surface area (Å²) in [5.74, 6) is -0.469. The van der Waals surface area contributed by atoms with E-state index in [1.807, 2.05) is 13.8 Å². The zero-order valence-electron chi connectivity index (χ0n) is 9.66. The number of hydrogen-bond acceptors (Lipinski definition) is 3. The van der Waals surface area contributed by atoms with Gasteiger partial charge in [0.25, 0.3) is 0 Å². The Bertz CT molecular complexity index is 311. The van der Waals surface area contributed by atoms with Crippen LogP contribution in [0.25, 0.3) is 0 Å². The van der Waals surface area contributed by atoms with Gasteiger partial charge in [0, 0.05) is 25.3 Å². The normalized spacial score (nSPS) is 12.7. The van der Waals surface area contributed by atoms with E-state index < -0.39 is 5.82 Å². The number of benzene rings is 1. The van der Waals surface area contributed by atoms with Gasteiger partial charge in [-0.2, -0.15) is 0 Å². The summed E-state index contributed by atoms with van der Waals surface area (Å²) in [5.41, 5.74) is 0.723. The van der Waals surface area contributed by atoms with Gasteiger partial charge < -0.3 is 15.2 Å². The standard InChI is InChI=1S/C12H18FNO2/c1-3-16-8-9(2)14-7-10-4-11(13)6-12(15)5-10/h4-6,9,14-15H,3,7-8H2,1-2H3. The fourth-order valence-corrected chi connectivity index (χ4v) is 1.38. The Morgan fingerprint density at radius 3 is 2.81 bits per heavy atom. The van der Waals surface area contributed by atoms with Crippen molar-refractivity contribution in [3.05, 3.63) is 29.6 Å². The maximum absolute atomic E-state index is 12.9. The van der Waals surface area contributed by atoms with Crippen molar-refractivity contribution in [2.45, 2.75) is 26.4 Å². The van der Waals surface area contributed by atoms with Gasteiger partial charge in [-0.1, -0.05) is 0 Å². The highest BCUT2D eigenvalue weighted by molar-refractivity contribution is 5.28. The number of hydrogen-bond donors (Lipinski definition) is 2. The molecule has 0 heterocycles. The van der Waals surface area contributed by atoms with Gasteiger partial charge in [-0.3, -0.25) is 0 Å². The maximum Gasteiger partial charge on any atom is 0.127 e. The minimum absolute atomic E-state index is 0.0470. The molecule has 90 valence electrons. The summed E-state index contributed by atoms with van der Waals surface area (Å²) in [6.07, 6.45) is 0. The number of ether oxygens (including phenoxy) is 1. The van der Waals surface area contributed by atoms with E-state index in [4.69, 9.17) is 4.74 Å². The molecule has 3 nitrogen and oxygen atoms in total. The van der Waals surface area contributed by atoms with Crippen molar-refractivity contribution in [2.24, 2.45) is 0 Å². The van der Waals surface area contributed by atoms with Crippen LogP contribution < -0.4 is 5.32 Å². The summed E-state index contributed by atoms with van der Waals surface area (Å²) in [6, 6.07) is 4.24. The molecule has 0 saturated carbocycles. The number of halogens is 1. The van der Waals surface area contributed by atoms with Gasteiger partial charge in [0.05, 0.1) is 6.61 Å². The first-order valence-electron chi connectivity index (χ1n) is 5.41. The van der Waals surface area contributed by atoms with E-state index in [1.165, 1.54) is 6.07 Å². The predicted octanol–water partition coefficient (Wildman–Crippen LogP) is 2.05. The highest BCUT2D eigenvalue weighted by atomic mass is 19.1. The Hall–Kier alpha value is -1.13. The number of phenolic OH excluding ortho intramolecular Hbond substituents is 1. The SMILES string of the molecule is CCOCC(C)NCc1cc(O)cc(F)c1. The molecular formula is C12H18FNO2. The van der Waals surface area contributed by atoms with Crippen molar-refractivity contribution in [3.8, 4) is 5.75 Å². The van der Waals surface area contributed by atoms with E-state index >= 15 is 0 Å². The quantitative estimate of drug-likeness (QED) is 0.781. The summed E-state index contributed by atoms with van der Waals surface area (Å²) in [6.45, 7) is 5.76. The van der Waals surface area contributed by atoms with Crippen molar-refractivity contribution in [1.29, 1.82) is 0 Å². The summed E-state index contributed by atoms with van der Waals surface area (Å²) in [4.78, 5) is 0. The van der Waals surface area contributed by atoms with Gasteiger partial charge in [-0.15, -0.1) is 0 Å². The van der Waals surface area contributed by atoms with Gasteiger partial charge in [0.15, 0.2) is 0 Å². The van der Waals surface area contributed by atoms with E-state index in [0.717, 1.165) is 11.6 Å².